The highest BCUT2D eigenvalue weighted by molar-refractivity contribution is 6.31. The summed E-state index contributed by atoms with van der Waals surface area (Å²) in [6, 6.07) is 13.6. The van der Waals surface area contributed by atoms with Gasteiger partial charge < -0.3 is 4.74 Å². The van der Waals surface area contributed by atoms with E-state index in [-0.39, 0.29) is 11.8 Å². The molecule has 2 aromatic carbocycles. The SMILES string of the molecule is COC(=O)c1ccc(C=CC(=O)c2cccc(Cl)c2)cc1. The first kappa shape index (κ1) is 15.0. The molecule has 0 bridgehead atoms. The molecule has 0 heterocycles. The molecule has 0 aliphatic heterocycles. The van der Waals surface area contributed by atoms with Crippen LogP contribution in [0.1, 0.15) is 26.3 Å². The molecule has 0 unspecified atom stereocenters. The first-order valence-corrected chi connectivity index (χ1v) is 6.64. The number of esters is 1. The normalized spacial score (nSPS) is 10.6. The Morgan fingerprint density at radius 2 is 1.76 bits per heavy atom. The van der Waals surface area contributed by atoms with E-state index in [2.05, 4.69) is 4.74 Å². The first-order valence-electron chi connectivity index (χ1n) is 6.26. The summed E-state index contributed by atoms with van der Waals surface area (Å²) in [7, 11) is 1.33. The number of carbonyl (C=O) groups is 2. The highest BCUT2D eigenvalue weighted by Crippen LogP contribution is 2.13. The molecule has 2 aromatic rings. The fraction of sp³-hybridized carbons (Fsp3) is 0.0588. The molecule has 2 rings (SSSR count). The average Bonchev–Trinajstić information content (AvgIpc) is 2.52. The predicted molar refractivity (Wildman–Crippen MR) is 82.6 cm³/mol. The van der Waals surface area contributed by atoms with Crippen molar-refractivity contribution < 1.29 is 14.3 Å². The van der Waals surface area contributed by atoms with Crippen molar-refractivity contribution in [3.8, 4) is 0 Å². The largest absolute Gasteiger partial charge is 0.465 e. The van der Waals surface area contributed by atoms with Crippen molar-refractivity contribution in [2.24, 2.45) is 0 Å². The lowest BCUT2D eigenvalue weighted by Crippen LogP contribution is -2.00. The number of benzene rings is 2. The molecular weight excluding hydrogens is 288 g/mol. The molecule has 0 atom stereocenters. The van der Waals surface area contributed by atoms with Crippen LogP contribution in [0.3, 0.4) is 0 Å². The Morgan fingerprint density at radius 3 is 2.38 bits per heavy atom. The standard InChI is InChI=1S/C17H13ClO3/c1-21-17(20)13-8-5-12(6-9-13)7-10-16(19)14-3-2-4-15(18)11-14/h2-11H,1H3. The number of carbonyl (C=O) groups excluding carboxylic acids is 2. The highest BCUT2D eigenvalue weighted by atomic mass is 35.5. The zero-order valence-corrected chi connectivity index (χ0v) is 12.1. The number of hydrogen-bond acceptors (Lipinski definition) is 3. The van der Waals surface area contributed by atoms with Crippen LogP contribution in [-0.2, 0) is 4.74 Å². The van der Waals surface area contributed by atoms with Gasteiger partial charge in [0.15, 0.2) is 5.78 Å². The molecule has 0 saturated heterocycles. The van der Waals surface area contributed by atoms with E-state index in [0.29, 0.717) is 16.1 Å². The molecule has 0 amide bonds. The number of halogens is 1. The summed E-state index contributed by atoms with van der Waals surface area (Å²) in [5.74, 6) is -0.518. The van der Waals surface area contributed by atoms with Gasteiger partial charge in [-0.05, 0) is 35.9 Å². The van der Waals surface area contributed by atoms with Crippen LogP contribution < -0.4 is 0 Å². The average molecular weight is 301 g/mol. The van der Waals surface area contributed by atoms with E-state index >= 15 is 0 Å². The fourth-order valence-corrected chi connectivity index (χ4v) is 1.95. The third-order valence-corrected chi connectivity index (χ3v) is 3.10. The van der Waals surface area contributed by atoms with E-state index in [0.717, 1.165) is 5.56 Å². The summed E-state index contributed by atoms with van der Waals surface area (Å²) in [6.45, 7) is 0. The van der Waals surface area contributed by atoms with E-state index in [1.807, 2.05) is 0 Å². The Bertz CT molecular complexity index is 687. The summed E-state index contributed by atoms with van der Waals surface area (Å²) in [4.78, 5) is 23.3. The summed E-state index contributed by atoms with van der Waals surface area (Å²) < 4.78 is 4.62. The molecule has 0 aliphatic carbocycles. The van der Waals surface area contributed by atoms with E-state index in [9.17, 15) is 9.59 Å². The van der Waals surface area contributed by atoms with Gasteiger partial charge >= 0.3 is 5.97 Å². The van der Waals surface area contributed by atoms with Gasteiger partial charge in [0.05, 0.1) is 12.7 Å². The second kappa shape index (κ2) is 6.86. The Labute approximate surface area is 127 Å². The molecule has 3 nitrogen and oxygen atoms in total. The van der Waals surface area contributed by atoms with Gasteiger partial charge in [-0.2, -0.15) is 0 Å². The molecule has 0 aromatic heterocycles. The topological polar surface area (TPSA) is 43.4 Å². The summed E-state index contributed by atoms with van der Waals surface area (Å²) in [6.07, 6.45) is 3.16. The first-order chi connectivity index (χ1) is 10.1. The van der Waals surface area contributed by atoms with Gasteiger partial charge in [-0.25, -0.2) is 4.79 Å². The third kappa shape index (κ3) is 4.04. The highest BCUT2D eigenvalue weighted by Gasteiger charge is 2.04. The van der Waals surface area contributed by atoms with Gasteiger partial charge in [-0.3, -0.25) is 4.79 Å². The second-order valence-corrected chi connectivity index (χ2v) is 4.76. The van der Waals surface area contributed by atoms with Crippen LogP contribution in [0.15, 0.2) is 54.6 Å². The molecule has 0 N–H and O–H groups in total. The van der Waals surface area contributed by atoms with Crippen molar-refractivity contribution in [1.82, 2.24) is 0 Å². The smallest absolute Gasteiger partial charge is 0.337 e. The van der Waals surface area contributed by atoms with Gasteiger partial charge in [0.25, 0.3) is 0 Å². The van der Waals surface area contributed by atoms with Crippen LogP contribution in [0.5, 0.6) is 0 Å². The van der Waals surface area contributed by atoms with Gasteiger partial charge in [0.1, 0.15) is 0 Å². The van der Waals surface area contributed by atoms with Crippen molar-refractivity contribution in [3.63, 3.8) is 0 Å². The van der Waals surface area contributed by atoms with Crippen molar-refractivity contribution in [2.45, 2.75) is 0 Å². The molecule has 0 radical (unpaired) electrons. The number of allylic oxidation sites excluding steroid dienone is 1. The van der Waals surface area contributed by atoms with E-state index in [1.165, 1.54) is 13.2 Å². The molecule has 21 heavy (non-hydrogen) atoms. The summed E-state index contributed by atoms with van der Waals surface area (Å²) in [5.41, 5.74) is 1.82. The molecule has 0 spiro atoms. The van der Waals surface area contributed by atoms with Crippen molar-refractivity contribution in [2.75, 3.05) is 7.11 Å². The van der Waals surface area contributed by atoms with Crippen molar-refractivity contribution in [1.29, 1.82) is 0 Å². The number of hydrogen-bond donors (Lipinski definition) is 0. The van der Waals surface area contributed by atoms with Crippen LogP contribution in [0, 0.1) is 0 Å². The van der Waals surface area contributed by atoms with Gasteiger partial charge in [0, 0.05) is 10.6 Å². The van der Waals surface area contributed by atoms with Gasteiger partial charge in [0.2, 0.25) is 0 Å². The van der Waals surface area contributed by atoms with Crippen LogP contribution >= 0.6 is 11.6 Å². The molecule has 0 aliphatic rings. The molecule has 0 saturated carbocycles. The maximum absolute atomic E-state index is 12.0. The van der Waals surface area contributed by atoms with Crippen LogP contribution in [0.4, 0.5) is 0 Å². The van der Waals surface area contributed by atoms with E-state index in [4.69, 9.17) is 11.6 Å². The number of ketones is 1. The Balaban J connectivity index is 2.10. The van der Waals surface area contributed by atoms with Crippen LogP contribution in [0.25, 0.3) is 6.08 Å². The quantitative estimate of drug-likeness (QED) is 0.486. The molecule has 106 valence electrons. The lowest BCUT2D eigenvalue weighted by Gasteiger charge is -1.99. The third-order valence-electron chi connectivity index (χ3n) is 2.87. The predicted octanol–water partition coefficient (Wildman–Crippen LogP) is 4.02. The van der Waals surface area contributed by atoms with E-state index < -0.39 is 0 Å². The fourth-order valence-electron chi connectivity index (χ4n) is 1.76. The minimum atomic E-state index is -0.388. The van der Waals surface area contributed by atoms with Gasteiger partial charge in [-0.15, -0.1) is 0 Å². The Hall–Kier alpha value is -2.39. The minimum Gasteiger partial charge on any atom is -0.465 e. The number of methoxy groups -OCH3 is 1. The maximum Gasteiger partial charge on any atom is 0.337 e. The Kier molecular flexibility index (Phi) is 4.90. The van der Waals surface area contributed by atoms with E-state index in [1.54, 1.807) is 54.6 Å². The minimum absolute atomic E-state index is 0.130. The molecule has 4 heteroatoms. The Morgan fingerprint density at radius 1 is 1.05 bits per heavy atom. The zero-order chi connectivity index (χ0) is 15.2. The number of rotatable bonds is 4. The van der Waals surface area contributed by atoms with Gasteiger partial charge in [-0.1, -0.05) is 41.9 Å². The summed E-state index contributed by atoms with van der Waals surface area (Å²) >= 11 is 5.85. The monoisotopic (exact) mass is 300 g/mol. The lowest BCUT2D eigenvalue weighted by molar-refractivity contribution is 0.0600. The maximum atomic E-state index is 12.0. The van der Waals surface area contributed by atoms with Crippen molar-refractivity contribution >= 4 is 29.4 Å². The van der Waals surface area contributed by atoms with Crippen molar-refractivity contribution in [3.05, 3.63) is 76.3 Å². The van der Waals surface area contributed by atoms with Crippen LogP contribution in [-0.4, -0.2) is 18.9 Å². The lowest BCUT2D eigenvalue weighted by atomic mass is 10.1. The molecule has 0 fully saturated rings. The zero-order valence-electron chi connectivity index (χ0n) is 11.4. The molecular formula is C17H13ClO3. The summed E-state index contributed by atoms with van der Waals surface area (Å²) in [5, 5.41) is 0.525. The number of ether oxygens (including phenoxy) is 1. The van der Waals surface area contributed by atoms with Crippen LogP contribution in [0.2, 0.25) is 5.02 Å². The second-order valence-electron chi connectivity index (χ2n) is 4.32.